The van der Waals surface area contributed by atoms with Gasteiger partial charge in [-0.15, -0.1) is 17.6 Å². The van der Waals surface area contributed by atoms with Gasteiger partial charge in [-0.3, -0.25) is 0 Å². The van der Waals surface area contributed by atoms with Gasteiger partial charge in [-0.05, 0) is 31.1 Å². The average molecular weight is 209 g/mol. The van der Waals surface area contributed by atoms with Crippen LogP contribution in [0.2, 0.25) is 0 Å². The van der Waals surface area contributed by atoms with Crippen molar-refractivity contribution in [2.24, 2.45) is 5.92 Å². The summed E-state index contributed by atoms with van der Waals surface area (Å²) in [6.45, 7) is 0.607. The van der Waals surface area contributed by atoms with Crippen molar-refractivity contribution in [3.8, 4) is 0 Å². The highest BCUT2D eigenvalue weighted by Gasteiger charge is 2.22. The third kappa shape index (κ3) is 3.91. The molecule has 0 saturated carbocycles. The third-order valence-corrected chi connectivity index (χ3v) is 4.19. The Morgan fingerprint density at radius 2 is 2.50 bits per heavy atom. The summed E-state index contributed by atoms with van der Waals surface area (Å²) in [7, 11) is 0.624. The summed E-state index contributed by atoms with van der Waals surface area (Å²) in [5, 5.41) is 0. The highest BCUT2D eigenvalue weighted by Crippen LogP contribution is 2.30. The Morgan fingerprint density at radius 3 is 3.08 bits per heavy atom. The van der Waals surface area contributed by atoms with Gasteiger partial charge in [0.1, 0.15) is 6.61 Å². The lowest BCUT2D eigenvalue weighted by atomic mass is 10.1. The van der Waals surface area contributed by atoms with Crippen molar-refractivity contribution in [2.45, 2.75) is 12.8 Å². The van der Waals surface area contributed by atoms with Crippen LogP contribution in [-0.2, 0) is 13.6 Å². The SMILES string of the molecule is CO[P+](=O)OCC1CCCPC1. The van der Waals surface area contributed by atoms with E-state index in [1.54, 1.807) is 0 Å². The van der Waals surface area contributed by atoms with E-state index in [0.29, 0.717) is 12.5 Å². The van der Waals surface area contributed by atoms with Gasteiger partial charge in [0.2, 0.25) is 0 Å². The Hall–Kier alpha value is 0.450. The van der Waals surface area contributed by atoms with Crippen molar-refractivity contribution < 1.29 is 13.6 Å². The van der Waals surface area contributed by atoms with Crippen LogP contribution in [0.25, 0.3) is 0 Å². The van der Waals surface area contributed by atoms with Gasteiger partial charge in [-0.1, -0.05) is 0 Å². The minimum atomic E-state index is -1.85. The standard InChI is InChI=1S/C7H15O3P2/c1-9-12(8)10-5-7-3-2-4-11-6-7/h7,11H,2-6H2,1H3/q+1. The first-order valence-corrected chi connectivity index (χ1v) is 6.69. The van der Waals surface area contributed by atoms with Crippen molar-refractivity contribution in [1.82, 2.24) is 0 Å². The van der Waals surface area contributed by atoms with Gasteiger partial charge in [0, 0.05) is 4.57 Å². The molecule has 1 aliphatic heterocycles. The van der Waals surface area contributed by atoms with E-state index in [0.717, 1.165) is 8.58 Å². The average Bonchev–Trinajstić information content (AvgIpc) is 2.16. The fraction of sp³-hybridized carbons (Fsp3) is 1.00. The van der Waals surface area contributed by atoms with E-state index < -0.39 is 8.25 Å². The molecule has 3 atom stereocenters. The molecular weight excluding hydrogens is 194 g/mol. The van der Waals surface area contributed by atoms with Crippen molar-refractivity contribution in [1.29, 1.82) is 0 Å². The number of hydrogen-bond acceptors (Lipinski definition) is 3. The van der Waals surface area contributed by atoms with Gasteiger partial charge < -0.3 is 0 Å². The van der Waals surface area contributed by atoms with E-state index in [-0.39, 0.29) is 0 Å². The molecule has 0 aromatic rings. The molecule has 1 fully saturated rings. The molecule has 0 bridgehead atoms. The molecule has 1 saturated heterocycles. The zero-order valence-electron chi connectivity index (χ0n) is 7.28. The van der Waals surface area contributed by atoms with Crippen molar-refractivity contribution in [3.05, 3.63) is 0 Å². The van der Waals surface area contributed by atoms with Crippen LogP contribution in [0.15, 0.2) is 0 Å². The molecule has 0 radical (unpaired) electrons. The summed E-state index contributed by atoms with van der Waals surface area (Å²) >= 11 is 0. The second-order valence-corrected chi connectivity index (χ2v) is 5.39. The fourth-order valence-electron chi connectivity index (χ4n) is 1.29. The fourth-order valence-corrected chi connectivity index (χ4v) is 3.11. The van der Waals surface area contributed by atoms with Crippen LogP contribution >= 0.6 is 16.8 Å². The van der Waals surface area contributed by atoms with Crippen LogP contribution < -0.4 is 0 Å². The third-order valence-electron chi connectivity index (χ3n) is 1.96. The first kappa shape index (κ1) is 10.5. The van der Waals surface area contributed by atoms with Gasteiger partial charge in [0.05, 0.1) is 7.11 Å². The van der Waals surface area contributed by atoms with E-state index in [4.69, 9.17) is 4.52 Å². The van der Waals surface area contributed by atoms with Crippen molar-refractivity contribution >= 4 is 16.8 Å². The molecule has 0 aromatic carbocycles. The second-order valence-electron chi connectivity index (χ2n) is 2.91. The quantitative estimate of drug-likeness (QED) is 0.667. The zero-order valence-corrected chi connectivity index (χ0v) is 9.18. The maximum Gasteiger partial charge on any atom is 0.697 e. The molecular formula is C7H15O3P2+. The lowest BCUT2D eigenvalue weighted by Crippen LogP contribution is -2.14. The summed E-state index contributed by atoms with van der Waals surface area (Å²) in [5.41, 5.74) is 0. The lowest BCUT2D eigenvalue weighted by molar-refractivity contribution is 0.218. The molecule has 3 unspecified atom stereocenters. The van der Waals surface area contributed by atoms with Gasteiger partial charge >= 0.3 is 8.25 Å². The molecule has 3 nitrogen and oxygen atoms in total. The van der Waals surface area contributed by atoms with Crippen LogP contribution in [0.1, 0.15) is 12.8 Å². The first-order valence-electron chi connectivity index (χ1n) is 4.18. The molecule has 0 aliphatic carbocycles. The summed E-state index contributed by atoms with van der Waals surface area (Å²) in [6, 6.07) is 0. The maximum atomic E-state index is 10.8. The molecule has 5 heteroatoms. The molecule has 0 N–H and O–H groups in total. The molecule has 1 heterocycles. The van der Waals surface area contributed by atoms with Gasteiger partial charge in [0.15, 0.2) is 0 Å². The van der Waals surface area contributed by atoms with Crippen LogP contribution in [-0.4, -0.2) is 26.0 Å². The molecule has 70 valence electrons. The predicted molar refractivity (Wildman–Crippen MR) is 51.3 cm³/mol. The van der Waals surface area contributed by atoms with Crippen molar-refractivity contribution in [2.75, 3.05) is 26.0 Å². The number of hydrogen-bond donors (Lipinski definition) is 0. The second kappa shape index (κ2) is 5.99. The summed E-state index contributed by atoms with van der Waals surface area (Å²) < 4.78 is 20.3. The van der Waals surface area contributed by atoms with E-state index in [9.17, 15) is 4.57 Å². The van der Waals surface area contributed by atoms with Crippen LogP contribution in [0, 0.1) is 5.92 Å². The normalized spacial score (nSPS) is 27.4. The topological polar surface area (TPSA) is 35.5 Å². The van der Waals surface area contributed by atoms with E-state index >= 15 is 0 Å². The molecule has 0 aromatic heterocycles. The largest absolute Gasteiger partial charge is 0.697 e. The Labute approximate surface area is 75.9 Å². The number of rotatable bonds is 4. The van der Waals surface area contributed by atoms with Gasteiger partial charge in [0.25, 0.3) is 0 Å². The smallest absolute Gasteiger partial charge is 0.122 e. The molecule has 0 spiro atoms. The minimum absolute atomic E-state index is 0.607. The molecule has 12 heavy (non-hydrogen) atoms. The zero-order chi connectivity index (χ0) is 8.81. The summed E-state index contributed by atoms with van der Waals surface area (Å²) in [5.74, 6) is 0.617. The van der Waals surface area contributed by atoms with Crippen molar-refractivity contribution in [3.63, 3.8) is 0 Å². The van der Waals surface area contributed by atoms with E-state index in [1.165, 1.54) is 32.3 Å². The van der Waals surface area contributed by atoms with Crippen LogP contribution in [0.3, 0.4) is 0 Å². The van der Waals surface area contributed by atoms with Gasteiger partial charge in [-0.2, -0.15) is 0 Å². The Balaban J connectivity index is 2.09. The van der Waals surface area contributed by atoms with E-state index in [1.807, 2.05) is 0 Å². The maximum absolute atomic E-state index is 10.8. The lowest BCUT2D eigenvalue weighted by Gasteiger charge is -2.18. The molecule has 0 amide bonds. The minimum Gasteiger partial charge on any atom is -0.122 e. The highest BCUT2D eigenvalue weighted by molar-refractivity contribution is 7.38. The predicted octanol–water partition coefficient (Wildman–Crippen LogP) is 2.40. The monoisotopic (exact) mass is 209 g/mol. The summed E-state index contributed by atoms with van der Waals surface area (Å²) in [4.78, 5) is 0. The Morgan fingerprint density at radius 1 is 1.67 bits per heavy atom. The van der Waals surface area contributed by atoms with Crippen LogP contribution in [0.4, 0.5) is 0 Å². The molecule has 1 aliphatic rings. The van der Waals surface area contributed by atoms with Crippen LogP contribution in [0.5, 0.6) is 0 Å². The van der Waals surface area contributed by atoms with Gasteiger partial charge in [-0.25, -0.2) is 0 Å². The summed E-state index contributed by atoms with van der Waals surface area (Å²) in [6.07, 6.45) is 5.13. The molecule has 1 rings (SSSR count). The Bertz CT molecular complexity index is 146. The first-order chi connectivity index (χ1) is 5.83. The van der Waals surface area contributed by atoms with E-state index in [2.05, 4.69) is 4.52 Å². The highest BCUT2D eigenvalue weighted by atomic mass is 31.1. The Kier molecular flexibility index (Phi) is 5.25.